The molecule has 9 heteroatoms. The molecule has 3 rings (SSSR count). The molecule has 166 valence electrons. The van der Waals surface area contributed by atoms with Gasteiger partial charge in [-0.1, -0.05) is 0 Å². The summed E-state index contributed by atoms with van der Waals surface area (Å²) in [4.78, 5) is 26.4. The first-order chi connectivity index (χ1) is 14.5. The fraction of sp³-hybridized carbons (Fsp3) is 0.619. The minimum atomic E-state index is -1.11. The molecule has 0 saturated carbocycles. The number of carboxylic acid groups (broad SMARTS) is 2. The lowest BCUT2D eigenvalue weighted by Crippen LogP contribution is -2.47. The quantitative estimate of drug-likeness (QED) is 0.512. The van der Waals surface area contributed by atoms with E-state index in [0.717, 1.165) is 57.4 Å². The maximum Gasteiger partial charge on any atom is 0.341 e. The van der Waals surface area contributed by atoms with Crippen LogP contribution >= 0.6 is 0 Å². The maximum absolute atomic E-state index is 10.9. The molecule has 0 aromatic heterocycles. The predicted molar refractivity (Wildman–Crippen MR) is 112 cm³/mol. The Balaban J connectivity index is 1.55. The molecule has 0 bridgehead atoms. The van der Waals surface area contributed by atoms with Crippen molar-refractivity contribution in [1.29, 1.82) is 0 Å². The van der Waals surface area contributed by atoms with Gasteiger partial charge >= 0.3 is 11.9 Å². The van der Waals surface area contributed by atoms with E-state index in [9.17, 15) is 9.59 Å². The van der Waals surface area contributed by atoms with Gasteiger partial charge in [0.2, 0.25) is 0 Å². The van der Waals surface area contributed by atoms with Gasteiger partial charge in [0, 0.05) is 37.9 Å². The minimum absolute atomic E-state index is 0.225. The first-order valence-electron chi connectivity index (χ1n) is 10.5. The molecule has 1 aromatic rings. The van der Waals surface area contributed by atoms with E-state index in [1.165, 1.54) is 19.3 Å². The summed E-state index contributed by atoms with van der Waals surface area (Å²) in [5.74, 6) is -0.917. The van der Waals surface area contributed by atoms with Gasteiger partial charge in [0.1, 0.15) is 0 Å². The van der Waals surface area contributed by atoms with E-state index in [-0.39, 0.29) is 11.5 Å². The summed E-state index contributed by atoms with van der Waals surface area (Å²) in [5.41, 5.74) is 0.913. The normalized spacial score (nSPS) is 18.2. The van der Waals surface area contributed by atoms with E-state index >= 15 is 0 Å². The van der Waals surface area contributed by atoms with Gasteiger partial charge < -0.3 is 29.9 Å². The average Bonchev–Trinajstić information content (AvgIpc) is 2.76. The minimum Gasteiger partial charge on any atom is -0.479 e. The number of nitrogens with one attached hydrogen (secondary N) is 1. The molecular weight excluding hydrogens is 390 g/mol. The third-order valence-electron chi connectivity index (χ3n) is 5.68. The number of carbonyl (C=O) groups is 2. The SMILES string of the molecule is O=C(O)COc1ccc(N2CCN(CCC3CCNCC3)CC2)cc1OCC(=O)O. The Kier molecular flexibility index (Phi) is 8.15. The van der Waals surface area contributed by atoms with Crippen LogP contribution in [0.25, 0.3) is 0 Å². The number of rotatable bonds is 10. The van der Waals surface area contributed by atoms with E-state index in [0.29, 0.717) is 0 Å². The van der Waals surface area contributed by atoms with Crippen LogP contribution in [0.5, 0.6) is 11.5 Å². The number of piperidine rings is 1. The number of hydrogen-bond acceptors (Lipinski definition) is 7. The summed E-state index contributed by atoms with van der Waals surface area (Å²) in [7, 11) is 0. The zero-order chi connectivity index (χ0) is 21.3. The summed E-state index contributed by atoms with van der Waals surface area (Å²) in [6.07, 6.45) is 3.80. The van der Waals surface area contributed by atoms with Crippen molar-refractivity contribution in [3.05, 3.63) is 18.2 Å². The van der Waals surface area contributed by atoms with E-state index in [2.05, 4.69) is 15.1 Å². The van der Waals surface area contributed by atoms with Crippen molar-refractivity contribution in [3.8, 4) is 11.5 Å². The zero-order valence-corrected chi connectivity index (χ0v) is 17.2. The monoisotopic (exact) mass is 421 g/mol. The van der Waals surface area contributed by atoms with Gasteiger partial charge in [0.25, 0.3) is 0 Å². The van der Waals surface area contributed by atoms with Crippen LogP contribution in [0.2, 0.25) is 0 Å². The highest BCUT2D eigenvalue weighted by Gasteiger charge is 2.21. The molecule has 2 heterocycles. The molecule has 2 aliphatic heterocycles. The molecule has 2 saturated heterocycles. The van der Waals surface area contributed by atoms with Gasteiger partial charge in [-0.05, 0) is 56.9 Å². The molecular formula is C21H31N3O6. The molecule has 0 atom stereocenters. The number of hydrogen-bond donors (Lipinski definition) is 3. The Morgan fingerprint density at radius 1 is 0.967 bits per heavy atom. The Labute approximate surface area is 176 Å². The number of aliphatic carboxylic acids is 2. The number of carboxylic acids is 2. The Bertz CT molecular complexity index is 715. The van der Waals surface area contributed by atoms with Gasteiger partial charge in [0.05, 0.1) is 0 Å². The average molecular weight is 421 g/mol. The van der Waals surface area contributed by atoms with Crippen molar-refractivity contribution in [2.75, 3.05) is 63.9 Å². The molecule has 9 nitrogen and oxygen atoms in total. The smallest absolute Gasteiger partial charge is 0.341 e. The number of benzene rings is 1. The van der Waals surface area contributed by atoms with E-state index in [1.807, 2.05) is 6.07 Å². The second kappa shape index (κ2) is 11.0. The molecule has 2 aliphatic rings. The second-order valence-corrected chi connectivity index (χ2v) is 7.81. The molecule has 0 radical (unpaired) electrons. The Morgan fingerprint density at radius 3 is 2.23 bits per heavy atom. The summed E-state index contributed by atoms with van der Waals surface area (Å²) in [6.45, 7) is 6.08. The van der Waals surface area contributed by atoms with Crippen molar-refractivity contribution in [1.82, 2.24) is 10.2 Å². The second-order valence-electron chi connectivity index (χ2n) is 7.81. The Hall–Kier alpha value is -2.52. The fourth-order valence-corrected chi connectivity index (χ4v) is 3.97. The van der Waals surface area contributed by atoms with Crippen LogP contribution in [0.15, 0.2) is 18.2 Å². The van der Waals surface area contributed by atoms with Crippen LogP contribution in [0, 0.1) is 5.92 Å². The van der Waals surface area contributed by atoms with Crippen LogP contribution < -0.4 is 19.7 Å². The highest BCUT2D eigenvalue weighted by atomic mass is 16.5. The lowest BCUT2D eigenvalue weighted by atomic mass is 9.94. The summed E-state index contributed by atoms with van der Waals surface area (Å²) >= 11 is 0. The van der Waals surface area contributed by atoms with Gasteiger partial charge in [-0.25, -0.2) is 9.59 Å². The highest BCUT2D eigenvalue weighted by Crippen LogP contribution is 2.32. The lowest BCUT2D eigenvalue weighted by Gasteiger charge is -2.37. The van der Waals surface area contributed by atoms with Crippen molar-refractivity contribution in [3.63, 3.8) is 0 Å². The van der Waals surface area contributed by atoms with Crippen LogP contribution in [-0.2, 0) is 9.59 Å². The fourth-order valence-electron chi connectivity index (χ4n) is 3.97. The van der Waals surface area contributed by atoms with Crippen molar-refractivity contribution < 1.29 is 29.3 Å². The molecule has 3 N–H and O–H groups in total. The van der Waals surface area contributed by atoms with Crippen LogP contribution in [-0.4, -0.2) is 86.1 Å². The highest BCUT2D eigenvalue weighted by molar-refractivity contribution is 5.70. The third kappa shape index (κ3) is 6.77. The van der Waals surface area contributed by atoms with Crippen molar-refractivity contribution >= 4 is 17.6 Å². The first-order valence-corrected chi connectivity index (χ1v) is 10.5. The number of ether oxygens (including phenoxy) is 2. The third-order valence-corrected chi connectivity index (χ3v) is 5.68. The number of piperazine rings is 1. The van der Waals surface area contributed by atoms with Gasteiger partial charge in [-0.3, -0.25) is 4.90 Å². The molecule has 0 amide bonds. The summed E-state index contributed by atoms with van der Waals surface area (Å²) in [5, 5.41) is 21.1. The van der Waals surface area contributed by atoms with Gasteiger partial charge in [0.15, 0.2) is 24.7 Å². The maximum atomic E-state index is 10.9. The lowest BCUT2D eigenvalue weighted by molar-refractivity contribution is -0.140. The van der Waals surface area contributed by atoms with Gasteiger partial charge in [-0.2, -0.15) is 0 Å². The number of nitrogens with zero attached hydrogens (tertiary/aromatic N) is 2. The number of anilines is 1. The van der Waals surface area contributed by atoms with E-state index < -0.39 is 25.2 Å². The molecule has 0 aliphatic carbocycles. The first kappa shape index (κ1) is 22.2. The molecule has 1 aromatic carbocycles. The van der Waals surface area contributed by atoms with E-state index in [1.54, 1.807) is 12.1 Å². The van der Waals surface area contributed by atoms with E-state index in [4.69, 9.17) is 19.7 Å². The standard InChI is InChI=1S/C21H31N3O6/c25-20(26)14-29-18-2-1-17(13-19(18)30-15-21(27)28)24-11-9-23(10-12-24)8-5-16-3-6-22-7-4-16/h1-2,13,16,22H,3-12,14-15H2,(H,25,26)(H,27,28). The van der Waals surface area contributed by atoms with Gasteiger partial charge in [-0.15, -0.1) is 0 Å². The van der Waals surface area contributed by atoms with Crippen molar-refractivity contribution in [2.24, 2.45) is 5.92 Å². The zero-order valence-electron chi connectivity index (χ0n) is 17.2. The molecule has 0 spiro atoms. The summed E-state index contributed by atoms with van der Waals surface area (Å²) < 4.78 is 10.6. The van der Waals surface area contributed by atoms with Crippen molar-refractivity contribution in [2.45, 2.75) is 19.3 Å². The van der Waals surface area contributed by atoms with Crippen LogP contribution in [0.4, 0.5) is 5.69 Å². The Morgan fingerprint density at radius 2 is 1.60 bits per heavy atom. The molecule has 30 heavy (non-hydrogen) atoms. The van der Waals surface area contributed by atoms with Crippen LogP contribution in [0.3, 0.4) is 0 Å². The topological polar surface area (TPSA) is 112 Å². The summed E-state index contributed by atoms with van der Waals surface area (Å²) in [6, 6.07) is 5.22. The molecule has 2 fully saturated rings. The largest absolute Gasteiger partial charge is 0.479 e. The predicted octanol–water partition coefficient (Wildman–Crippen LogP) is 1.13. The van der Waals surface area contributed by atoms with Crippen LogP contribution in [0.1, 0.15) is 19.3 Å². The molecule has 0 unspecified atom stereocenters.